The molecule has 78 valence electrons. The van der Waals surface area contributed by atoms with Crippen LogP contribution < -0.4 is 0 Å². The maximum absolute atomic E-state index is 10.3. The SMILES string of the molecule is CCCCOCC(CO)(CO)N=O. The van der Waals surface area contributed by atoms with Crippen molar-refractivity contribution in [3.05, 3.63) is 4.91 Å². The Kier molecular flexibility index (Phi) is 6.66. The Morgan fingerprint density at radius 1 is 1.38 bits per heavy atom. The summed E-state index contributed by atoms with van der Waals surface area (Å²) >= 11 is 0. The van der Waals surface area contributed by atoms with E-state index < -0.39 is 18.8 Å². The fourth-order valence-corrected chi connectivity index (χ4v) is 0.734. The predicted octanol–water partition coefficient (Wildman–Crippen LogP) is 0.293. The van der Waals surface area contributed by atoms with Gasteiger partial charge in [-0.3, -0.25) is 0 Å². The Morgan fingerprint density at radius 3 is 2.38 bits per heavy atom. The van der Waals surface area contributed by atoms with Crippen LogP contribution in [0.15, 0.2) is 5.18 Å². The molecule has 2 N–H and O–H groups in total. The fraction of sp³-hybridized carbons (Fsp3) is 1.00. The molecule has 0 fully saturated rings. The van der Waals surface area contributed by atoms with Gasteiger partial charge in [0.15, 0.2) is 5.54 Å². The van der Waals surface area contributed by atoms with Crippen LogP contribution in [0.25, 0.3) is 0 Å². The van der Waals surface area contributed by atoms with E-state index in [4.69, 9.17) is 14.9 Å². The summed E-state index contributed by atoms with van der Waals surface area (Å²) in [5.74, 6) is 0. The molecule has 0 saturated carbocycles. The molecule has 0 bridgehead atoms. The molecule has 0 unspecified atom stereocenters. The number of hydrogen-bond acceptors (Lipinski definition) is 5. The summed E-state index contributed by atoms with van der Waals surface area (Å²) in [7, 11) is 0. The minimum absolute atomic E-state index is 0.0243. The second kappa shape index (κ2) is 6.94. The zero-order valence-electron chi connectivity index (χ0n) is 7.90. The van der Waals surface area contributed by atoms with Crippen molar-refractivity contribution in [2.24, 2.45) is 5.18 Å². The van der Waals surface area contributed by atoms with Crippen LogP contribution >= 0.6 is 0 Å². The lowest BCUT2D eigenvalue weighted by Crippen LogP contribution is -2.40. The topological polar surface area (TPSA) is 79.1 Å². The first-order valence-electron chi connectivity index (χ1n) is 4.38. The average Bonchev–Trinajstić information content (AvgIpc) is 2.20. The minimum Gasteiger partial charge on any atom is -0.394 e. The molecule has 5 heteroatoms. The van der Waals surface area contributed by atoms with Gasteiger partial charge in [-0.1, -0.05) is 18.5 Å². The number of nitroso groups, excluding NO2 is 1. The number of nitrogens with zero attached hydrogens (tertiary/aromatic N) is 1. The molecule has 0 spiro atoms. The van der Waals surface area contributed by atoms with Crippen molar-refractivity contribution in [3.8, 4) is 0 Å². The second-order valence-corrected chi connectivity index (χ2v) is 3.04. The zero-order valence-corrected chi connectivity index (χ0v) is 7.90. The minimum atomic E-state index is -1.37. The predicted molar refractivity (Wildman–Crippen MR) is 48.4 cm³/mol. The van der Waals surface area contributed by atoms with E-state index in [1.807, 2.05) is 6.92 Å². The maximum atomic E-state index is 10.3. The van der Waals surface area contributed by atoms with Gasteiger partial charge in [-0.2, -0.15) is 0 Å². The van der Waals surface area contributed by atoms with Crippen molar-refractivity contribution in [3.63, 3.8) is 0 Å². The second-order valence-electron chi connectivity index (χ2n) is 3.04. The third-order valence-corrected chi connectivity index (χ3v) is 1.80. The van der Waals surface area contributed by atoms with Crippen LogP contribution in [0.2, 0.25) is 0 Å². The first-order chi connectivity index (χ1) is 6.24. The normalized spacial score (nSPS) is 11.6. The van der Waals surface area contributed by atoms with E-state index in [0.29, 0.717) is 6.61 Å². The van der Waals surface area contributed by atoms with E-state index in [9.17, 15) is 4.91 Å². The fourth-order valence-electron chi connectivity index (χ4n) is 0.734. The summed E-state index contributed by atoms with van der Waals surface area (Å²) in [4.78, 5) is 10.3. The Balaban J connectivity index is 3.75. The van der Waals surface area contributed by atoms with Crippen molar-refractivity contribution in [2.45, 2.75) is 25.3 Å². The molecule has 0 radical (unpaired) electrons. The highest BCUT2D eigenvalue weighted by Gasteiger charge is 2.30. The first kappa shape index (κ1) is 12.5. The lowest BCUT2D eigenvalue weighted by Gasteiger charge is -2.20. The molecular formula is C8H17NO4. The van der Waals surface area contributed by atoms with E-state index in [-0.39, 0.29) is 6.61 Å². The van der Waals surface area contributed by atoms with Gasteiger partial charge in [0, 0.05) is 6.61 Å². The molecule has 0 rings (SSSR count). The van der Waals surface area contributed by atoms with Gasteiger partial charge < -0.3 is 14.9 Å². The quantitative estimate of drug-likeness (QED) is 0.427. The van der Waals surface area contributed by atoms with Gasteiger partial charge in [0.1, 0.15) is 0 Å². The van der Waals surface area contributed by atoms with Gasteiger partial charge in [0.05, 0.1) is 19.8 Å². The summed E-state index contributed by atoms with van der Waals surface area (Å²) in [6.45, 7) is 1.54. The summed E-state index contributed by atoms with van der Waals surface area (Å²) in [6.07, 6.45) is 1.89. The monoisotopic (exact) mass is 191 g/mol. The van der Waals surface area contributed by atoms with Gasteiger partial charge in [0.25, 0.3) is 0 Å². The van der Waals surface area contributed by atoms with E-state index >= 15 is 0 Å². The molecular weight excluding hydrogens is 174 g/mol. The van der Waals surface area contributed by atoms with E-state index in [0.717, 1.165) is 12.8 Å². The number of unbranched alkanes of at least 4 members (excludes halogenated alkanes) is 1. The van der Waals surface area contributed by atoms with Crippen molar-refractivity contribution in [1.82, 2.24) is 0 Å². The Hall–Kier alpha value is -0.520. The lowest BCUT2D eigenvalue weighted by molar-refractivity contribution is 0.0247. The molecule has 0 aliphatic carbocycles. The standard InChI is InChI=1S/C8H17NO4/c1-2-3-4-13-7-8(5-10,6-11)9-12/h10-11H,2-7H2,1H3. The number of hydrogen-bond donors (Lipinski definition) is 2. The van der Waals surface area contributed by atoms with Crippen molar-refractivity contribution in [1.29, 1.82) is 0 Å². The molecule has 0 aromatic rings. The van der Waals surface area contributed by atoms with Crippen LogP contribution in [0.1, 0.15) is 19.8 Å². The molecule has 13 heavy (non-hydrogen) atoms. The lowest BCUT2D eigenvalue weighted by atomic mass is 10.1. The summed E-state index contributed by atoms with van der Waals surface area (Å²) in [6, 6.07) is 0. The summed E-state index contributed by atoms with van der Waals surface area (Å²) in [5.41, 5.74) is -1.37. The van der Waals surface area contributed by atoms with Gasteiger partial charge >= 0.3 is 0 Å². The third-order valence-electron chi connectivity index (χ3n) is 1.80. The molecule has 0 heterocycles. The highest BCUT2D eigenvalue weighted by atomic mass is 16.5. The van der Waals surface area contributed by atoms with E-state index in [1.54, 1.807) is 0 Å². The highest BCUT2D eigenvalue weighted by molar-refractivity contribution is 4.86. The molecule has 0 aliphatic rings. The van der Waals surface area contributed by atoms with Crippen LogP contribution in [-0.2, 0) is 4.74 Å². The van der Waals surface area contributed by atoms with Crippen molar-refractivity contribution >= 4 is 0 Å². The van der Waals surface area contributed by atoms with Crippen LogP contribution in [0.4, 0.5) is 0 Å². The molecule has 0 aromatic heterocycles. The smallest absolute Gasteiger partial charge is 0.171 e. The van der Waals surface area contributed by atoms with Gasteiger partial charge in [-0.25, -0.2) is 0 Å². The van der Waals surface area contributed by atoms with E-state index in [2.05, 4.69) is 5.18 Å². The number of aliphatic hydroxyl groups is 2. The van der Waals surface area contributed by atoms with Gasteiger partial charge in [0.2, 0.25) is 0 Å². The maximum Gasteiger partial charge on any atom is 0.171 e. The van der Waals surface area contributed by atoms with Crippen LogP contribution in [0, 0.1) is 4.91 Å². The van der Waals surface area contributed by atoms with E-state index in [1.165, 1.54) is 0 Å². The van der Waals surface area contributed by atoms with Crippen LogP contribution in [0.3, 0.4) is 0 Å². The Morgan fingerprint density at radius 2 is 2.00 bits per heavy atom. The largest absolute Gasteiger partial charge is 0.394 e. The number of aliphatic hydroxyl groups excluding tert-OH is 2. The number of rotatable bonds is 8. The summed E-state index contributed by atoms with van der Waals surface area (Å²) < 4.78 is 5.10. The molecule has 0 amide bonds. The Bertz CT molecular complexity index is 136. The number of ether oxygens (including phenoxy) is 1. The average molecular weight is 191 g/mol. The highest BCUT2D eigenvalue weighted by Crippen LogP contribution is 2.09. The molecule has 0 aliphatic heterocycles. The van der Waals surface area contributed by atoms with Crippen molar-refractivity contribution < 1.29 is 14.9 Å². The molecule has 0 aromatic carbocycles. The summed E-state index contributed by atoms with van der Waals surface area (Å²) in [5, 5.41) is 20.3. The molecule has 5 nitrogen and oxygen atoms in total. The first-order valence-corrected chi connectivity index (χ1v) is 4.38. The zero-order chi connectivity index (χ0) is 10.2. The molecule has 0 saturated heterocycles. The Labute approximate surface area is 77.7 Å². The van der Waals surface area contributed by atoms with Crippen LogP contribution in [-0.4, -0.2) is 42.2 Å². The van der Waals surface area contributed by atoms with Gasteiger partial charge in [-0.05, 0) is 6.42 Å². The van der Waals surface area contributed by atoms with Crippen molar-refractivity contribution in [2.75, 3.05) is 26.4 Å². The third kappa shape index (κ3) is 4.31. The molecule has 0 atom stereocenters. The van der Waals surface area contributed by atoms with Crippen LogP contribution in [0.5, 0.6) is 0 Å². The van der Waals surface area contributed by atoms with Gasteiger partial charge in [-0.15, -0.1) is 4.91 Å².